The number of aromatic nitrogens is 1. The van der Waals surface area contributed by atoms with Crippen LogP contribution in [0.1, 0.15) is 18.4 Å². The number of likely N-dealkylation sites (tertiary alicyclic amines) is 1. The summed E-state index contributed by atoms with van der Waals surface area (Å²) in [6.07, 6.45) is 4.52. The molecule has 2 heterocycles. The lowest BCUT2D eigenvalue weighted by Gasteiger charge is -2.38. The summed E-state index contributed by atoms with van der Waals surface area (Å²) in [5, 5.41) is 3.43. The number of carbonyl (C=O) groups excluding carboxylic acids is 1. The summed E-state index contributed by atoms with van der Waals surface area (Å²) in [4.78, 5) is 22.2. The normalized spacial score (nSPS) is 14.1. The minimum absolute atomic E-state index is 0.0234. The van der Waals surface area contributed by atoms with Crippen LogP contribution >= 0.6 is 11.6 Å². The van der Waals surface area contributed by atoms with E-state index in [2.05, 4.69) is 19.9 Å². The van der Waals surface area contributed by atoms with Gasteiger partial charge in [0.15, 0.2) is 0 Å². The van der Waals surface area contributed by atoms with Crippen LogP contribution in [0.4, 0.5) is 21.9 Å². The summed E-state index contributed by atoms with van der Waals surface area (Å²) in [6.45, 7) is 2.37. The first-order valence-corrected chi connectivity index (χ1v) is 16.4. The van der Waals surface area contributed by atoms with E-state index in [1.54, 1.807) is 55.8 Å². The maximum Gasteiger partial charge on any atom is 0.326 e. The van der Waals surface area contributed by atoms with Crippen LogP contribution in [0.3, 0.4) is 0 Å². The zero-order valence-electron chi connectivity index (χ0n) is 24.4. The first-order valence-electron chi connectivity index (χ1n) is 14.1. The van der Waals surface area contributed by atoms with Crippen molar-refractivity contribution in [1.29, 1.82) is 0 Å². The third-order valence-electron chi connectivity index (χ3n) is 7.16. The van der Waals surface area contributed by atoms with Crippen LogP contribution in [0.25, 0.3) is 0 Å². The molecule has 2 amide bonds. The Morgan fingerprint density at radius 1 is 1.00 bits per heavy atom. The van der Waals surface area contributed by atoms with Crippen molar-refractivity contribution in [2.24, 2.45) is 0 Å². The number of methoxy groups -OCH3 is 1. The van der Waals surface area contributed by atoms with Crippen molar-refractivity contribution < 1.29 is 22.7 Å². The van der Waals surface area contributed by atoms with Gasteiger partial charge in [-0.2, -0.15) is 0 Å². The molecule has 12 heteroatoms. The summed E-state index contributed by atoms with van der Waals surface area (Å²) in [7, 11) is -1.79. The number of amides is 2. The number of hydrogen-bond acceptors (Lipinski definition) is 7. The van der Waals surface area contributed by atoms with E-state index in [4.69, 9.17) is 21.1 Å². The number of piperidine rings is 1. The fraction of sp³-hybridized carbons (Fsp3) is 0.250. The Labute approximate surface area is 262 Å². The predicted octanol–water partition coefficient (Wildman–Crippen LogP) is 6.61. The first-order chi connectivity index (χ1) is 21.2. The van der Waals surface area contributed by atoms with Gasteiger partial charge >= 0.3 is 6.03 Å². The van der Waals surface area contributed by atoms with Gasteiger partial charge in [-0.1, -0.05) is 35.9 Å². The SMILES string of the molecule is COc1ccc(NC(=O)N(c2ccccc2)C2CCN(Cc3ccc(Oc4ccc(NS(C)(=O)=O)cc4)nc3)CC2)cc1Cl. The molecule has 4 aromatic rings. The summed E-state index contributed by atoms with van der Waals surface area (Å²) >= 11 is 6.28. The molecular weight excluding hydrogens is 602 g/mol. The van der Waals surface area contributed by atoms with Crippen LogP contribution in [0.2, 0.25) is 5.02 Å². The molecule has 1 fully saturated rings. The fourth-order valence-electron chi connectivity index (χ4n) is 5.09. The van der Waals surface area contributed by atoms with Crippen molar-refractivity contribution in [3.8, 4) is 17.4 Å². The van der Waals surface area contributed by atoms with Crippen molar-refractivity contribution in [2.75, 3.05) is 41.4 Å². The number of nitrogens with zero attached hydrogens (tertiary/aromatic N) is 3. The molecule has 0 radical (unpaired) electrons. The van der Waals surface area contributed by atoms with Gasteiger partial charge in [0, 0.05) is 55.0 Å². The quantitative estimate of drug-likeness (QED) is 0.202. The third-order valence-corrected chi connectivity index (χ3v) is 8.06. The highest BCUT2D eigenvalue weighted by atomic mass is 35.5. The second-order valence-electron chi connectivity index (χ2n) is 10.5. The molecule has 0 unspecified atom stereocenters. The molecule has 1 saturated heterocycles. The van der Waals surface area contributed by atoms with Crippen LogP contribution < -0.4 is 24.4 Å². The number of halogens is 1. The molecule has 2 N–H and O–H groups in total. The lowest BCUT2D eigenvalue weighted by atomic mass is 10.0. The van der Waals surface area contributed by atoms with Crippen LogP contribution in [-0.4, -0.2) is 56.8 Å². The number of anilines is 3. The highest BCUT2D eigenvalue weighted by Gasteiger charge is 2.29. The van der Waals surface area contributed by atoms with Gasteiger partial charge in [-0.15, -0.1) is 0 Å². The van der Waals surface area contributed by atoms with E-state index in [0.29, 0.717) is 33.8 Å². The summed E-state index contributed by atoms with van der Waals surface area (Å²) in [5.74, 6) is 1.54. The van der Waals surface area contributed by atoms with Crippen LogP contribution in [0.5, 0.6) is 17.4 Å². The highest BCUT2D eigenvalue weighted by Crippen LogP contribution is 2.30. The average Bonchev–Trinajstić information content (AvgIpc) is 3.00. The summed E-state index contributed by atoms with van der Waals surface area (Å²) in [6, 6.07) is 25.1. The van der Waals surface area contributed by atoms with Crippen LogP contribution in [-0.2, 0) is 16.6 Å². The minimum atomic E-state index is -3.34. The Morgan fingerprint density at radius 3 is 2.32 bits per heavy atom. The van der Waals surface area contributed by atoms with Crippen molar-refractivity contribution in [3.63, 3.8) is 0 Å². The third kappa shape index (κ3) is 8.40. The maximum absolute atomic E-state index is 13.6. The number of nitrogens with one attached hydrogen (secondary N) is 2. The van der Waals surface area contributed by atoms with Crippen molar-refractivity contribution in [1.82, 2.24) is 9.88 Å². The molecule has 230 valence electrons. The van der Waals surface area contributed by atoms with Crippen molar-refractivity contribution >= 4 is 44.7 Å². The van der Waals surface area contributed by atoms with Crippen LogP contribution in [0.15, 0.2) is 91.1 Å². The van der Waals surface area contributed by atoms with E-state index < -0.39 is 10.0 Å². The molecule has 5 rings (SSSR count). The number of rotatable bonds is 10. The Balaban J connectivity index is 1.17. The Morgan fingerprint density at radius 2 is 1.70 bits per heavy atom. The van der Waals surface area contributed by atoms with E-state index in [-0.39, 0.29) is 12.1 Å². The second kappa shape index (κ2) is 14.0. The average molecular weight is 636 g/mol. The number of urea groups is 1. The molecule has 0 bridgehead atoms. The van der Waals surface area contributed by atoms with Gasteiger partial charge in [-0.3, -0.25) is 14.5 Å². The summed E-state index contributed by atoms with van der Waals surface area (Å²) < 4.78 is 36.2. The number of hydrogen-bond donors (Lipinski definition) is 2. The Bertz CT molecular complexity index is 1660. The lowest BCUT2D eigenvalue weighted by Crippen LogP contribution is -2.49. The number of ether oxygens (including phenoxy) is 2. The van der Waals surface area contributed by atoms with Crippen molar-refractivity contribution in [3.05, 3.63) is 102 Å². The van der Waals surface area contributed by atoms with Gasteiger partial charge in [-0.25, -0.2) is 18.2 Å². The summed E-state index contributed by atoms with van der Waals surface area (Å²) in [5.41, 5.74) is 2.95. The number of para-hydroxylation sites is 1. The maximum atomic E-state index is 13.6. The van der Waals surface area contributed by atoms with Crippen molar-refractivity contribution in [2.45, 2.75) is 25.4 Å². The van der Waals surface area contributed by atoms with E-state index in [0.717, 1.165) is 50.0 Å². The fourth-order valence-corrected chi connectivity index (χ4v) is 5.92. The number of sulfonamides is 1. The Kier molecular flexibility index (Phi) is 9.89. The van der Waals surface area contributed by atoms with Gasteiger partial charge in [0.2, 0.25) is 15.9 Å². The van der Waals surface area contributed by atoms with Gasteiger partial charge in [0.1, 0.15) is 11.5 Å². The van der Waals surface area contributed by atoms with Gasteiger partial charge in [0.25, 0.3) is 0 Å². The number of pyridine rings is 1. The monoisotopic (exact) mass is 635 g/mol. The second-order valence-corrected chi connectivity index (χ2v) is 12.7. The minimum Gasteiger partial charge on any atom is -0.495 e. The van der Waals surface area contributed by atoms with Gasteiger partial charge in [0.05, 0.1) is 18.4 Å². The first kappa shape index (κ1) is 31.1. The molecular formula is C32H34ClN5O5S. The molecule has 1 aromatic heterocycles. The Hall–Kier alpha value is -4.32. The molecule has 0 saturated carbocycles. The molecule has 1 aliphatic rings. The predicted molar refractivity (Wildman–Crippen MR) is 173 cm³/mol. The van der Waals surface area contributed by atoms with Gasteiger partial charge in [-0.05, 0) is 73.0 Å². The zero-order valence-corrected chi connectivity index (χ0v) is 26.0. The van der Waals surface area contributed by atoms with E-state index in [1.807, 2.05) is 47.4 Å². The topological polar surface area (TPSA) is 113 Å². The number of benzene rings is 3. The molecule has 0 spiro atoms. The molecule has 0 aliphatic carbocycles. The zero-order chi connectivity index (χ0) is 31.1. The van der Waals surface area contributed by atoms with Gasteiger partial charge < -0.3 is 14.8 Å². The van der Waals surface area contributed by atoms with E-state index in [9.17, 15) is 13.2 Å². The van der Waals surface area contributed by atoms with Crippen LogP contribution in [0, 0.1) is 0 Å². The smallest absolute Gasteiger partial charge is 0.326 e. The highest BCUT2D eigenvalue weighted by molar-refractivity contribution is 7.92. The molecule has 3 aromatic carbocycles. The number of carbonyl (C=O) groups is 1. The van der Waals surface area contributed by atoms with E-state index in [1.165, 1.54) is 0 Å². The molecule has 1 aliphatic heterocycles. The molecule has 10 nitrogen and oxygen atoms in total. The molecule has 0 atom stereocenters. The lowest BCUT2D eigenvalue weighted by molar-refractivity contribution is 0.199. The molecule has 44 heavy (non-hydrogen) atoms. The van der Waals surface area contributed by atoms with E-state index >= 15 is 0 Å². The standard InChI is InChI=1S/C32H34ClN5O5S/c1-42-30-14-11-25(20-29(30)33)35-32(39)38(26-6-4-3-5-7-26)27-16-18-37(19-17-27)22-23-8-15-31(34-21-23)43-28-12-9-24(10-13-28)36-44(2,40)41/h3-15,20-21,27,36H,16-19,22H2,1-2H3,(H,35,39). The largest absolute Gasteiger partial charge is 0.495 e.